The van der Waals surface area contributed by atoms with Crippen molar-refractivity contribution >= 4 is 5.69 Å². The highest BCUT2D eigenvalue weighted by atomic mass is 16.5. The van der Waals surface area contributed by atoms with E-state index in [0.29, 0.717) is 19.0 Å². The molecule has 1 saturated heterocycles. The highest BCUT2D eigenvalue weighted by Crippen LogP contribution is 2.12. The number of nitrogens with one attached hydrogen (secondary N) is 1. The lowest BCUT2D eigenvalue weighted by Gasteiger charge is -2.19. The first-order valence-corrected chi connectivity index (χ1v) is 7.01. The molecule has 2 N–H and O–H groups in total. The number of hydrogen-bond acceptors (Lipinski definition) is 5. The Bertz CT molecular complexity index is 363. The van der Waals surface area contributed by atoms with Gasteiger partial charge in [-0.3, -0.25) is 0 Å². The van der Waals surface area contributed by atoms with Crippen LogP contribution in [0, 0.1) is 0 Å². The molecule has 1 aromatic rings. The van der Waals surface area contributed by atoms with Crippen molar-refractivity contribution in [2.24, 2.45) is 0 Å². The Hall–Kier alpha value is -1.33. The average molecular weight is 265 g/mol. The highest BCUT2D eigenvalue weighted by Gasteiger charge is 2.15. The Kier molecular flexibility index (Phi) is 5.42. The summed E-state index contributed by atoms with van der Waals surface area (Å²) in [5.41, 5.74) is 0.906. The van der Waals surface area contributed by atoms with Gasteiger partial charge in [-0.25, -0.2) is 4.98 Å². The van der Waals surface area contributed by atoms with Crippen molar-refractivity contribution in [3.63, 3.8) is 0 Å². The van der Waals surface area contributed by atoms with Gasteiger partial charge in [-0.05, 0) is 38.9 Å². The molecule has 5 nitrogen and oxygen atoms in total. The summed E-state index contributed by atoms with van der Waals surface area (Å²) in [7, 11) is 0. The van der Waals surface area contributed by atoms with Crippen LogP contribution >= 0.6 is 0 Å². The highest BCUT2D eigenvalue weighted by molar-refractivity contribution is 5.42. The molecule has 0 aliphatic carbocycles. The lowest BCUT2D eigenvalue weighted by Crippen LogP contribution is -2.34. The van der Waals surface area contributed by atoms with E-state index in [4.69, 9.17) is 4.74 Å². The fraction of sp³-hybridized carbons (Fsp3) is 0.643. The second-order valence-electron chi connectivity index (χ2n) is 4.86. The van der Waals surface area contributed by atoms with Gasteiger partial charge in [-0.1, -0.05) is 0 Å². The fourth-order valence-electron chi connectivity index (χ4n) is 2.28. The fourth-order valence-corrected chi connectivity index (χ4v) is 2.28. The first kappa shape index (κ1) is 14.1. The topological polar surface area (TPSA) is 57.6 Å². The van der Waals surface area contributed by atoms with Crippen molar-refractivity contribution in [3.8, 4) is 5.88 Å². The molecule has 0 radical (unpaired) electrons. The summed E-state index contributed by atoms with van der Waals surface area (Å²) in [5, 5.41) is 13.2. The van der Waals surface area contributed by atoms with Crippen molar-refractivity contribution in [3.05, 3.63) is 18.3 Å². The molecule has 0 bridgehead atoms. The van der Waals surface area contributed by atoms with Gasteiger partial charge >= 0.3 is 0 Å². The third-order valence-electron chi connectivity index (χ3n) is 3.24. The maximum Gasteiger partial charge on any atom is 0.213 e. The zero-order chi connectivity index (χ0) is 13.5. The molecular formula is C14H23N3O2. The number of nitrogens with zero attached hydrogens (tertiary/aromatic N) is 2. The van der Waals surface area contributed by atoms with Crippen LogP contribution in [0.1, 0.15) is 19.8 Å². The van der Waals surface area contributed by atoms with E-state index >= 15 is 0 Å². The number of aliphatic hydroxyl groups is 1. The summed E-state index contributed by atoms with van der Waals surface area (Å²) >= 11 is 0. The van der Waals surface area contributed by atoms with Crippen LogP contribution in [0.3, 0.4) is 0 Å². The summed E-state index contributed by atoms with van der Waals surface area (Å²) < 4.78 is 5.28. The minimum absolute atomic E-state index is 0.343. The summed E-state index contributed by atoms with van der Waals surface area (Å²) in [4.78, 5) is 6.48. The van der Waals surface area contributed by atoms with Gasteiger partial charge in [0.2, 0.25) is 5.88 Å². The third kappa shape index (κ3) is 4.69. The quantitative estimate of drug-likeness (QED) is 0.779. The predicted molar refractivity (Wildman–Crippen MR) is 75.6 cm³/mol. The van der Waals surface area contributed by atoms with Crippen molar-refractivity contribution < 1.29 is 9.84 Å². The molecule has 5 heteroatoms. The van der Waals surface area contributed by atoms with E-state index in [1.165, 1.54) is 12.8 Å². The summed E-state index contributed by atoms with van der Waals surface area (Å²) in [6, 6.07) is 3.75. The zero-order valence-corrected chi connectivity index (χ0v) is 11.5. The second kappa shape index (κ2) is 7.31. The standard InChI is InChI=1S/C14H23N3O2/c1-2-19-14-6-5-12(9-16-14)15-10-13(18)11-17-7-3-4-8-17/h5-6,9,13,15,18H,2-4,7-8,10-11H2,1H3. The Morgan fingerprint density at radius 2 is 2.21 bits per heavy atom. The molecule has 1 fully saturated rings. The molecule has 1 aliphatic rings. The maximum atomic E-state index is 9.96. The van der Waals surface area contributed by atoms with E-state index in [1.807, 2.05) is 19.1 Å². The van der Waals surface area contributed by atoms with Crippen LogP contribution in [0.4, 0.5) is 5.69 Å². The Morgan fingerprint density at radius 3 is 2.84 bits per heavy atom. The zero-order valence-electron chi connectivity index (χ0n) is 11.5. The minimum atomic E-state index is -0.343. The van der Waals surface area contributed by atoms with Gasteiger partial charge in [0.15, 0.2) is 0 Å². The minimum Gasteiger partial charge on any atom is -0.478 e. The van der Waals surface area contributed by atoms with Crippen molar-refractivity contribution in [2.45, 2.75) is 25.9 Å². The van der Waals surface area contributed by atoms with E-state index in [1.54, 1.807) is 6.20 Å². The SMILES string of the molecule is CCOc1ccc(NCC(O)CN2CCCC2)cn1. The number of hydrogen-bond donors (Lipinski definition) is 2. The van der Waals surface area contributed by atoms with Crippen LogP contribution in [0.15, 0.2) is 18.3 Å². The number of anilines is 1. The second-order valence-corrected chi connectivity index (χ2v) is 4.86. The molecule has 19 heavy (non-hydrogen) atoms. The molecule has 1 aromatic heterocycles. The number of pyridine rings is 1. The average Bonchev–Trinajstić information content (AvgIpc) is 2.91. The largest absolute Gasteiger partial charge is 0.478 e. The molecule has 2 rings (SSSR count). The summed E-state index contributed by atoms with van der Waals surface area (Å²) in [6.07, 6.45) is 3.89. The van der Waals surface area contributed by atoms with Crippen molar-refractivity contribution in [1.29, 1.82) is 0 Å². The number of rotatable bonds is 7. The Labute approximate surface area is 114 Å². The van der Waals surface area contributed by atoms with Crippen LogP contribution in [0.25, 0.3) is 0 Å². The van der Waals surface area contributed by atoms with Crippen LogP contribution in [-0.2, 0) is 0 Å². The van der Waals surface area contributed by atoms with Crippen LogP contribution in [0.5, 0.6) is 5.88 Å². The van der Waals surface area contributed by atoms with Gasteiger partial charge < -0.3 is 20.1 Å². The van der Waals surface area contributed by atoms with Gasteiger partial charge in [0.05, 0.1) is 24.6 Å². The van der Waals surface area contributed by atoms with Gasteiger partial charge in [0, 0.05) is 19.2 Å². The molecule has 106 valence electrons. The lowest BCUT2D eigenvalue weighted by atomic mass is 10.3. The number of aromatic nitrogens is 1. The van der Waals surface area contributed by atoms with Crippen LogP contribution < -0.4 is 10.1 Å². The number of β-amino-alcohol motifs (C(OH)–C–C–N with tert-alkyl or cyclic N) is 1. The number of aliphatic hydroxyl groups excluding tert-OH is 1. The van der Waals surface area contributed by atoms with Crippen molar-refractivity contribution in [1.82, 2.24) is 9.88 Å². The molecule has 1 atom stereocenters. The molecule has 1 unspecified atom stereocenters. The predicted octanol–water partition coefficient (Wildman–Crippen LogP) is 1.35. The van der Waals surface area contributed by atoms with E-state index in [-0.39, 0.29) is 6.10 Å². The molecule has 1 aliphatic heterocycles. The summed E-state index contributed by atoms with van der Waals surface area (Å²) in [6.45, 7) is 6.07. The van der Waals surface area contributed by atoms with Gasteiger partial charge in [-0.2, -0.15) is 0 Å². The van der Waals surface area contributed by atoms with Crippen LogP contribution in [-0.4, -0.2) is 53.9 Å². The normalized spacial score (nSPS) is 17.4. The molecule has 0 amide bonds. The number of ether oxygens (including phenoxy) is 1. The van der Waals surface area contributed by atoms with E-state index in [0.717, 1.165) is 25.3 Å². The first-order valence-electron chi connectivity index (χ1n) is 7.01. The Morgan fingerprint density at radius 1 is 1.42 bits per heavy atom. The van der Waals surface area contributed by atoms with E-state index in [2.05, 4.69) is 15.2 Å². The van der Waals surface area contributed by atoms with Gasteiger partial charge in [0.1, 0.15) is 0 Å². The third-order valence-corrected chi connectivity index (χ3v) is 3.24. The first-order chi connectivity index (χ1) is 9.28. The Balaban J connectivity index is 1.71. The van der Waals surface area contributed by atoms with E-state index in [9.17, 15) is 5.11 Å². The van der Waals surface area contributed by atoms with Gasteiger partial charge in [-0.15, -0.1) is 0 Å². The number of likely N-dealkylation sites (tertiary alicyclic amines) is 1. The maximum absolute atomic E-state index is 9.96. The molecule has 0 aromatic carbocycles. The van der Waals surface area contributed by atoms with E-state index < -0.39 is 0 Å². The van der Waals surface area contributed by atoms with Crippen molar-refractivity contribution in [2.75, 3.05) is 38.1 Å². The molecular weight excluding hydrogens is 242 g/mol. The monoisotopic (exact) mass is 265 g/mol. The molecule has 0 saturated carbocycles. The summed E-state index contributed by atoms with van der Waals surface area (Å²) in [5.74, 6) is 0.630. The van der Waals surface area contributed by atoms with Crippen LogP contribution in [0.2, 0.25) is 0 Å². The lowest BCUT2D eigenvalue weighted by molar-refractivity contribution is 0.135. The van der Waals surface area contributed by atoms with Gasteiger partial charge in [0.25, 0.3) is 0 Å². The molecule has 0 spiro atoms. The smallest absolute Gasteiger partial charge is 0.213 e. The molecule has 2 heterocycles.